The number of sulfone groups is 1. The number of hydrogen-bond donors (Lipinski definition) is 1. The summed E-state index contributed by atoms with van der Waals surface area (Å²) in [5.41, 5.74) is 0.283. The molecule has 2 amide bonds. The van der Waals surface area contributed by atoms with Crippen molar-refractivity contribution in [2.45, 2.75) is 50.5 Å². The van der Waals surface area contributed by atoms with Gasteiger partial charge in [-0.25, -0.2) is 17.6 Å². The Kier molecular flexibility index (Phi) is 7.49. The van der Waals surface area contributed by atoms with Gasteiger partial charge in [-0.2, -0.15) is 4.99 Å². The van der Waals surface area contributed by atoms with Crippen molar-refractivity contribution >= 4 is 38.8 Å². The van der Waals surface area contributed by atoms with Crippen molar-refractivity contribution in [3.8, 4) is 0 Å². The molecule has 0 saturated carbocycles. The number of carbonyl (C=O) groups is 2. The first kappa shape index (κ1) is 24.5. The van der Waals surface area contributed by atoms with Crippen LogP contribution >= 0.6 is 11.8 Å². The Morgan fingerprint density at radius 2 is 1.94 bits per heavy atom. The van der Waals surface area contributed by atoms with Crippen LogP contribution in [0.3, 0.4) is 0 Å². The molecule has 2 fully saturated rings. The number of amidine groups is 1. The van der Waals surface area contributed by atoms with E-state index in [9.17, 15) is 22.4 Å². The van der Waals surface area contributed by atoms with Crippen LogP contribution in [0.5, 0.6) is 0 Å². The molecule has 0 radical (unpaired) electrons. The minimum Gasteiger partial charge on any atom is -0.444 e. The molecule has 1 N–H and O–H groups in total. The predicted molar refractivity (Wildman–Crippen MR) is 122 cm³/mol. The summed E-state index contributed by atoms with van der Waals surface area (Å²) in [5.74, 6) is -0.636. The molecule has 2 atom stereocenters. The third-order valence-corrected chi connectivity index (χ3v) is 8.20. The number of fused-ring (bicyclic) bond motifs is 1. The summed E-state index contributed by atoms with van der Waals surface area (Å²) in [6, 6.07) is 5.90. The molecular formula is C21H28FN3O5S2. The summed E-state index contributed by atoms with van der Waals surface area (Å²) in [6.07, 6.45) is -0.0332. The van der Waals surface area contributed by atoms with Crippen LogP contribution in [0.4, 0.5) is 9.18 Å². The summed E-state index contributed by atoms with van der Waals surface area (Å²) in [6.45, 7) is 5.81. The zero-order chi connectivity index (χ0) is 23.5. The molecule has 2 heterocycles. The maximum Gasteiger partial charge on any atom is 0.407 e. The molecule has 1 aromatic carbocycles. The van der Waals surface area contributed by atoms with E-state index >= 15 is 0 Å². The smallest absolute Gasteiger partial charge is 0.407 e. The fraction of sp³-hybridized carbons (Fsp3) is 0.571. The largest absolute Gasteiger partial charge is 0.444 e. The van der Waals surface area contributed by atoms with Gasteiger partial charge >= 0.3 is 6.09 Å². The molecule has 0 bridgehead atoms. The molecular weight excluding hydrogens is 457 g/mol. The van der Waals surface area contributed by atoms with Gasteiger partial charge in [-0.3, -0.25) is 4.79 Å². The van der Waals surface area contributed by atoms with Gasteiger partial charge in [0.2, 0.25) is 5.91 Å². The predicted octanol–water partition coefficient (Wildman–Crippen LogP) is 2.38. The Morgan fingerprint density at radius 3 is 2.59 bits per heavy atom. The monoisotopic (exact) mass is 485 g/mol. The maximum atomic E-state index is 13.2. The van der Waals surface area contributed by atoms with Crippen molar-refractivity contribution in [2.75, 3.05) is 24.6 Å². The van der Waals surface area contributed by atoms with Crippen molar-refractivity contribution in [3.05, 3.63) is 35.6 Å². The minimum atomic E-state index is -3.13. The number of ether oxygens (including phenoxy) is 1. The normalized spacial score (nSPS) is 23.2. The average Bonchev–Trinajstić information content (AvgIpc) is 3.11. The highest BCUT2D eigenvalue weighted by atomic mass is 32.2. The summed E-state index contributed by atoms with van der Waals surface area (Å²) < 4.78 is 42.5. The van der Waals surface area contributed by atoms with Crippen LogP contribution in [0.2, 0.25) is 0 Å². The molecule has 0 spiro atoms. The zero-order valence-corrected chi connectivity index (χ0v) is 20.0. The number of benzene rings is 1. The zero-order valence-electron chi connectivity index (χ0n) is 18.3. The number of rotatable bonds is 6. The van der Waals surface area contributed by atoms with E-state index in [4.69, 9.17) is 4.74 Å². The van der Waals surface area contributed by atoms with E-state index in [1.807, 2.05) is 4.90 Å². The Balaban J connectivity index is 1.62. The van der Waals surface area contributed by atoms with E-state index < -0.39 is 27.4 Å². The lowest BCUT2D eigenvalue weighted by Gasteiger charge is -2.24. The lowest BCUT2D eigenvalue weighted by molar-refractivity contribution is -0.117. The van der Waals surface area contributed by atoms with E-state index in [0.29, 0.717) is 18.1 Å². The van der Waals surface area contributed by atoms with Crippen molar-refractivity contribution in [1.29, 1.82) is 0 Å². The number of nitrogens with zero attached hydrogens (tertiary/aromatic N) is 2. The van der Waals surface area contributed by atoms with E-state index in [-0.39, 0.29) is 41.6 Å². The molecule has 11 heteroatoms. The lowest BCUT2D eigenvalue weighted by atomic mass is 10.1. The fourth-order valence-corrected chi connectivity index (χ4v) is 7.54. The van der Waals surface area contributed by atoms with E-state index in [1.54, 1.807) is 32.9 Å². The van der Waals surface area contributed by atoms with Gasteiger partial charge in [0, 0.05) is 24.8 Å². The Morgan fingerprint density at radius 1 is 1.25 bits per heavy atom. The summed E-state index contributed by atoms with van der Waals surface area (Å²) >= 11 is 1.31. The summed E-state index contributed by atoms with van der Waals surface area (Å²) in [5, 5.41) is 2.86. The Bertz CT molecular complexity index is 990. The Hall–Kier alpha value is -2.14. The van der Waals surface area contributed by atoms with Crippen molar-refractivity contribution in [3.63, 3.8) is 0 Å². The second-order valence-electron chi connectivity index (χ2n) is 8.84. The first-order valence-electron chi connectivity index (χ1n) is 10.4. The highest BCUT2D eigenvalue weighted by Crippen LogP contribution is 2.38. The van der Waals surface area contributed by atoms with Crippen LogP contribution in [0, 0.1) is 5.82 Å². The van der Waals surface area contributed by atoms with Gasteiger partial charge in [0.15, 0.2) is 15.0 Å². The second kappa shape index (κ2) is 9.78. The molecule has 176 valence electrons. The molecule has 8 nitrogen and oxygen atoms in total. The molecule has 0 unspecified atom stereocenters. The number of hydrogen-bond acceptors (Lipinski definition) is 6. The van der Waals surface area contributed by atoms with Crippen LogP contribution in [0.25, 0.3) is 0 Å². The van der Waals surface area contributed by atoms with Gasteiger partial charge < -0.3 is 15.0 Å². The van der Waals surface area contributed by atoms with Gasteiger partial charge in [0.1, 0.15) is 11.4 Å². The highest BCUT2D eigenvalue weighted by Gasteiger charge is 2.48. The number of halogens is 1. The molecule has 3 rings (SSSR count). The van der Waals surface area contributed by atoms with E-state index in [0.717, 1.165) is 5.56 Å². The quantitative estimate of drug-likeness (QED) is 0.660. The standard InChI is InChI=1S/C21H28FN3O5S2/c1-21(2,3)30-20(27)23-10-8-18(26)24-19-25(11-9-14-4-6-15(22)7-5-14)16-12-32(28,29)13-17(16)31-19/h4-7,16-17H,8-13H2,1-3H3,(H,23,27)/t16-,17+/m0/s1. The van der Waals surface area contributed by atoms with Crippen molar-refractivity contribution in [1.82, 2.24) is 10.2 Å². The lowest BCUT2D eigenvalue weighted by Crippen LogP contribution is -2.39. The summed E-state index contributed by atoms with van der Waals surface area (Å²) in [7, 11) is -3.13. The van der Waals surface area contributed by atoms with Crippen LogP contribution < -0.4 is 5.32 Å². The van der Waals surface area contributed by atoms with Gasteiger partial charge in [-0.15, -0.1) is 0 Å². The third-order valence-electron chi connectivity index (χ3n) is 4.96. The molecule has 0 aromatic heterocycles. The van der Waals surface area contributed by atoms with Crippen LogP contribution in [-0.4, -0.2) is 72.0 Å². The number of alkyl carbamates (subject to hydrolysis) is 1. The first-order valence-corrected chi connectivity index (χ1v) is 13.1. The fourth-order valence-electron chi connectivity index (χ4n) is 3.55. The van der Waals surface area contributed by atoms with Crippen LogP contribution in [0.1, 0.15) is 32.8 Å². The third kappa shape index (κ3) is 6.93. The molecule has 0 aliphatic carbocycles. The molecule has 2 saturated heterocycles. The van der Waals surface area contributed by atoms with E-state index in [2.05, 4.69) is 10.3 Å². The van der Waals surface area contributed by atoms with Gasteiger partial charge in [0.25, 0.3) is 0 Å². The number of aliphatic imine (C=N–C) groups is 1. The number of amides is 2. The molecule has 2 aliphatic heterocycles. The van der Waals surface area contributed by atoms with Crippen LogP contribution in [0.15, 0.2) is 29.3 Å². The van der Waals surface area contributed by atoms with Gasteiger partial charge in [-0.1, -0.05) is 23.9 Å². The van der Waals surface area contributed by atoms with Gasteiger partial charge in [0.05, 0.1) is 17.5 Å². The highest BCUT2D eigenvalue weighted by molar-refractivity contribution is 8.15. The SMILES string of the molecule is CC(C)(C)OC(=O)NCCC(=O)N=C1S[C@@H]2CS(=O)(=O)C[C@@H]2N1CCc1ccc(F)cc1. The summed E-state index contributed by atoms with van der Waals surface area (Å²) in [4.78, 5) is 30.2. The average molecular weight is 486 g/mol. The Labute approximate surface area is 191 Å². The maximum absolute atomic E-state index is 13.2. The number of carbonyl (C=O) groups excluding carboxylic acids is 2. The number of thioether (sulfide) groups is 1. The molecule has 1 aromatic rings. The van der Waals surface area contributed by atoms with Crippen molar-refractivity contribution < 1.29 is 27.1 Å². The molecule has 2 aliphatic rings. The molecule has 32 heavy (non-hydrogen) atoms. The van der Waals surface area contributed by atoms with Gasteiger partial charge in [-0.05, 0) is 44.9 Å². The topological polar surface area (TPSA) is 105 Å². The first-order chi connectivity index (χ1) is 14.9. The second-order valence-corrected chi connectivity index (χ2v) is 12.2. The van der Waals surface area contributed by atoms with Crippen molar-refractivity contribution in [2.24, 2.45) is 4.99 Å². The van der Waals surface area contributed by atoms with E-state index in [1.165, 1.54) is 23.9 Å². The number of nitrogens with one attached hydrogen (secondary N) is 1. The minimum absolute atomic E-state index is 0.00272. The van der Waals surface area contributed by atoms with Crippen LogP contribution in [-0.2, 0) is 25.8 Å².